The van der Waals surface area contributed by atoms with Crippen molar-refractivity contribution in [2.45, 2.75) is 13.5 Å². The van der Waals surface area contributed by atoms with Gasteiger partial charge in [0, 0.05) is 44.4 Å². The molecule has 3 rings (SSSR count). The van der Waals surface area contributed by atoms with Gasteiger partial charge in [-0.1, -0.05) is 12.1 Å². The molecule has 3 N–H and O–H groups in total. The van der Waals surface area contributed by atoms with Gasteiger partial charge < -0.3 is 20.9 Å². The lowest BCUT2D eigenvalue weighted by atomic mass is 10.1. The number of hydrogen-bond acceptors (Lipinski definition) is 3. The van der Waals surface area contributed by atoms with E-state index in [9.17, 15) is 13.6 Å². The summed E-state index contributed by atoms with van der Waals surface area (Å²) in [6.45, 7) is 5.47. The number of anilines is 1. The molecule has 9 heteroatoms. The third kappa shape index (κ3) is 6.04. The second-order valence-electron chi connectivity index (χ2n) is 6.80. The Morgan fingerprint density at radius 2 is 1.87 bits per heavy atom. The fraction of sp³-hybridized carbons (Fsp3) is 0.333. The second kappa shape index (κ2) is 11.1. The van der Waals surface area contributed by atoms with E-state index >= 15 is 0 Å². The molecule has 2 aromatic carbocycles. The van der Waals surface area contributed by atoms with Crippen LogP contribution in [0.1, 0.15) is 22.8 Å². The molecule has 0 bridgehead atoms. The standard InChI is InChI=1S/C21H25F2N5O.HI/c1-2-25-21(26-14-15-4-3-5-16(12-15)20(24)29)28-10-8-27(9-11-28)19-13-17(22)6-7-18(19)23;/h3-7,12-13H,2,8-11,14H2,1H3,(H2,24,29)(H,25,26);1H. The highest BCUT2D eigenvalue weighted by Gasteiger charge is 2.22. The Hall–Kier alpha value is -2.43. The molecule has 0 radical (unpaired) electrons. The van der Waals surface area contributed by atoms with Crippen molar-refractivity contribution in [3.8, 4) is 0 Å². The maximum absolute atomic E-state index is 14.0. The predicted molar refractivity (Wildman–Crippen MR) is 125 cm³/mol. The highest BCUT2D eigenvalue weighted by atomic mass is 127. The van der Waals surface area contributed by atoms with Crippen LogP contribution in [0.25, 0.3) is 0 Å². The van der Waals surface area contributed by atoms with E-state index in [0.717, 1.165) is 23.7 Å². The van der Waals surface area contributed by atoms with Crippen molar-refractivity contribution < 1.29 is 13.6 Å². The first-order chi connectivity index (χ1) is 14.0. The van der Waals surface area contributed by atoms with Crippen LogP contribution in [0.3, 0.4) is 0 Å². The molecule has 0 spiro atoms. The number of carbonyl (C=O) groups excluding carboxylic acids is 1. The fourth-order valence-corrected chi connectivity index (χ4v) is 3.30. The number of aliphatic imine (C=N–C) groups is 1. The summed E-state index contributed by atoms with van der Waals surface area (Å²) in [6, 6.07) is 10.6. The van der Waals surface area contributed by atoms with E-state index in [0.29, 0.717) is 44.8 Å². The van der Waals surface area contributed by atoms with Gasteiger partial charge in [-0.3, -0.25) is 4.79 Å². The van der Waals surface area contributed by atoms with Gasteiger partial charge in [0.25, 0.3) is 0 Å². The van der Waals surface area contributed by atoms with Gasteiger partial charge in [0.1, 0.15) is 11.6 Å². The molecule has 1 fully saturated rings. The topological polar surface area (TPSA) is 74.0 Å². The zero-order valence-electron chi connectivity index (χ0n) is 16.8. The van der Waals surface area contributed by atoms with Gasteiger partial charge >= 0.3 is 0 Å². The molecule has 1 aliphatic rings. The zero-order valence-corrected chi connectivity index (χ0v) is 19.1. The summed E-state index contributed by atoms with van der Waals surface area (Å²) in [6.07, 6.45) is 0. The van der Waals surface area contributed by atoms with Crippen molar-refractivity contribution >= 4 is 41.5 Å². The summed E-state index contributed by atoms with van der Waals surface area (Å²) in [5, 5.41) is 3.27. The van der Waals surface area contributed by atoms with E-state index in [1.807, 2.05) is 17.9 Å². The first kappa shape index (κ1) is 23.8. The summed E-state index contributed by atoms with van der Waals surface area (Å²) in [5.74, 6) is -0.591. The van der Waals surface area contributed by atoms with Crippen molar-refractivity contribution in [2.75, 3.05) is 37.6 Å². The minimum Gasteiger partial charge on any atom is -0.366 e. The molecule has 0 unspecified atom stereocenters. The van der Waals surface area contributed by atoms with E-state index in [2.05, 4.69) is 15.2 Å². The molecule has 162 valence electrons. The van der Waals surface area contributed by atoms with E-state index in [-0.39, 0.29) is 29.7 Å². The van der Waals surface area contributed by atoms with Gasteiger partial charge in [-0.2, -0.15) is 0 Å². The molecule has 0 aliphatic carbocycles. The molecule has 0 atom stereocenters. The average molecular weight is 529 g/mol. The number of carbonyl (C=O) groups is 1. The van der Waals surface area contributed by atoms with Crippen LogP contribution in [0.2, 0.25) is 0 Å². The molecule has 1 saturated heterocycles. The van der Waals surface area contributed by atoms with Gasteiger partial charge in [0.15, 0.2) is 5.96 Å². The van der Waals surface area contributed by atoms with Crippen LogP contribution in [0.4, 0.5) is 14.5 Å². The van der Waals surface area contributed by atoms with Gasteiger partial charge in [-0.25, -0.2) is 13.8 Å². The van der Waals surface area contributed by atoms with Crippen LogP contribution < -0.4 is 16.0 Å². The number of nitrogens with zero attached hydrogens (tertiary/aromatic N) is 3. The maximum atomic E-state index is 14.0. The van der Waals surface area contributed by atoms with Crippen LogP contribution in [-0.4, -0.2) is 49.5 Å². The molecule has 30 heavy (non-hydrogen) atoms. The number of halogens is 3. The van der Waals surface area contributed by atoms with Gasteiger partial charge in [-0.15, -0.1) is 24.0 Å². The zero-order chi connectivity index (χ0) is 20.8. The van der Waals surface area contributed by atoms with E-state index in [4.69, 9.17) is 5.73 Å². The van der Waals surface area contributed by atoms with E-state index in [1.165, 1.54) is 6.07 Å². The van der Waals surface area contributed by atoms with Crippen LogP contribution in [-0.2, 0) is 6.54 Å². The fourth-order valence-electron chi connectivity index (χ4n) is 3.30. The number of primary amides is 1. The molecule has 6 nitrogen and oxygen atoms in total. The Labute approximate surface area is 192 Å². The maximum Gasteiger partial charge on any atom is 0.248 e. The lowest BCUT2D eigenvalue weighted by Crippen LogP contribution is -2.52. The van der Waals surface area contributed by atoms with Gasteiger partial charge in [-0.05, 0) is 36.8 Å². The van der Waals surface area contributed by atoms with Crippen molar-refractivity contribution in [3.05, 3.63) is 65.2 Å². The normalized spacial score (nSPS) is 14.3. The predicted octanol–water partition coefficient (Wildman–Crippen LogP) is 2.97. The first-order valence-corrected chi connectivity index (χ1v) is 9.60. The highest BCUT2D eigenvalue weighted by molar-refractivity contribution is 14.0. The SMILES string of the molecule is CCNC(=NCc1cccc(C(N)=O)c1)N1CCN(c2cc(F)ccc2F)CC1.I. The van der Waals surface area contributed by atoms with Crippen LogP contribution in [0.5, 0.6) is 0 Å². The number of hydrogen-bond donors (Lipinski definition) is 2. The Morgan fingerprint density at radius 3 is 2.53 bits per heavy atom. The third-order valence-corrected chi connectivity index (χ3v) is 4.79. The van der Waals surface area contributed by atoms with Crippen LogP contribution >= 0.6 is 24.0 Å². The lowest BCUT2D eigenvalue weighted by molar-refractivity contribution is 0.1000. The van der Waals surface area contributed by atoms with Crippen molar-refractivity contribution in [1.29, 1.82) is 0 Å². The average Bonchev–Trinajstić information content (AvgIpc) is 2.73. The Bertz CT molecular complexity index is 901. The summed E-state index contributed by atoms with van der Waals surface area (Å²) < 4.78 is 27.5. The summed E-state index contributed by atoms with van der Waals surface area (Å²) in [5.41, 5.74) is 6.96. The molecule has 0 aromatic heterocycles. The quantitative estimate of drug-likeness (QED) is 0.355. The lowest BCUT2D eigenvalue weighted by Gasteiger charge is -2.37. The van der Waals surface area contributed by atoms with Gasteiger partial charge in [0.2, 0.25) is 5.91 Å². The van der Waals surface area contributed by atoms with Crippen LogP contribution in [0, 0.1) is 11.6 Å². The number of piperazine rings is 1. The highest BCUT2D eigenvalue weighted by Crippen LogP contribution is 2.22. The minimum atomic E-state index is -0.469. The number of nitrogens with one attached hydrogen (secondary N) is 1. The summed E-state index contributed by atoms with van der Waals surface area (Å²) in [4.78, 5) is 19.9. The molecule has 1 heterocycles. The number of guanidine groups is 1. The Morgan fingerprint density at radius 1 is 1.13 bits per heavy atom. The smallest absolute Gasteiger partial charge is 0.248 e. The van der Waals surface area contributed by atoms with Crippen molar-refractivity contribution in [2.24, 2.45) is 10.7 Å². The van der Waals surface area contributed by atoms with E-state index in [1.54, 1.807) is 18.2 Å². The number of rotatable bonds is 5. The third-order valence-electron chi connectivity index (χ3n) is 4.79. The van der Waals surface area contributed by atoms with E-state index < -0.39 is 17.5 Å². The largest absolute Gasteiger partial charge is 0.366 e. The Kier molecular flexibility index (Phi) is 8.82. The summed E-state index contributed by atoms with van der Waals surface area (Å²) >= 11 is 0. The first-order valence-electron chi connectivity index (χ1n) is 9.60. The summed E-state index contributed by atoms with van der Waals surface area (Å²) in [7, 11) is 0. The molecule has 1 amide bonds. The monoisotopic (exact) mass is 529 g/mol. The number of benzene rings is 2. The molecule has 1 aliphatic heterocycles. The molecule has 2 aromatic rings. The van der Waals surface area contributed by atoms with Crippen molar-refractivity contribution in [1.82, 2.24) is 10.2 Å². The van der Waals surface area contributed by atoms with Gasteiger partial charge in [0.05, 0.1) is 12.2 Å². The second-order valence-corrected chi connectivity index (χ2v) is 6.80. The molecular formula is C21H26F2IN5O. The Balaban J connectivity index is 0.00000320. The number of nitrogens with two attached hydrogens (primary N) is 1. The number of amides is 1. The molecular weight excluding hydrogens is 503 g/mol. The minimum absolute atomic E-state index is 0. The van der Waals surface area contributed by atoms with Crippen molar-refractivity contribution in [3.63, 3.8) is 0 Å². The molecule has 0 saturated carbocycles. The van der Waals surface area contributed by atoms with Crippen LogP contribution in [0.15, 0.2) is 47.5 Å².